The fourth-order valence-electron chi connectivity index (χ4n) is 2.25. The quantitative estimate of drug-likeness (QED) is 0.577. The van der Waals surface area contributed by atoms with Crippen LogP contribution < -0.4 is 0 Å². The molecular weight excluding hydrogens is 300 g/mol. The molecule has 3 aromatic heterocycles. The second-order valence-electron chi connectivity index (χ2n) is 4.84. The lowest BCUT2D eigenvalue weighted by Crippen LogP contribution is -1.79. The van der Waals surface area contributed by atoms with E-state index < -0.39 is 0 Å². The van der Waals surface area contributed by atoms with Gasteiger partial charge in [0.2, 0.25) is 0 Å². The molecule has 0 saturated carbocycles. The normalized spacial score (nSPS) is 11.3. The Hall–Kier alpha value is -2.54. The third-order valence-corrected chi connectivity index (χ3v) is 4.10. The Morgan fingerprint density at radius 1 is 1.23 bits per heavy atom. The number of benzene rings is 1. The van der Waals surface area contributed by atoms with E-state index in [0.717, 1.165) is 27.9 Å². The highest BCUT2D eigenvalue weighted by Gasteiger charge is 2.14. The number of thioether (sulfide) groups is 1. The molecule has 0 atom stereocenters. The summed E-state index contributed by atoms with van der Waals surface area (Å²) < 4.78 is 10.8. The van der Waals surface area contributed by atoms with E-state index in [1.807, 2.05) is 43.5 Å². The molecule has 0 radical (unpaired) electrons. The lowest BCUT2D eigenvalue weighted by atomic mass is 10.2. The van der Waals surface area contributed by atoms with Gasteiger partial charge in [0.05, 0.1) is 11.3 Å². The van der Waals surface area contributed by atoms with Crippen LogP contribution in [0.5, 0.6) is 0 Å². The molecule has 0 amide bonds. The average molecular weight is 312 g/mol. The van der Waals surface area contributed by atoms with Crippen molar-refractivity contribution in [1.82, 2.24) is 20.3 Å². The third kappa shape index (κ3) is 2.39. The number of H-pyrrole nitrogens is 1. The van der Waals surface area contributed by atoms with Crippen LogP contribution in [0.25, 0.3) is 22.4 Å². The lowest BCUT2D eigenvalue weighted by Gasteiger charge is -1.92. The topological polar surface area (TPSA) is 80.7 Å². The summed E-state index contributed by atoms with van der Waals surface area (Å²) >= 11 is 1.44. The fraction of sp³-hybridized carbons (Fsp3) is 0.133. The Balaban J connectivity index is 1.56. The zero-order valence-electron chi connectivity index (χ0n) is 11.7. The van der Waals surface area contributed by atoms with Gasteiger partial charge >= 0.3 is 0 Å². The van der Waals surface area contributed by atoms with E-state index in [1.54, 1.807) is 0 Å². The maximum absolute atomic E-state index is 5.73. The first-order valence-corrected chi connectivity index (χ1v) is 7.73. The molecule has 0 fully saturated rings. The molecular formula is C15H12N4O2S. The van der Waals surface area contributed by atoms with Gasteiger partial charge in [0.25, 0.3) is 11.1 Å². The summed E-state index contributed by atoms with van der Waals surface area (Å²) in [5.41, 5.74) is 2.81. The van der Waals surface area contributed by atoms with E-state index in [0.29, 0.717) is 16.9 Å². The zero-order chi connectivity index (χ0) is 14.9. The second kappa shape index (κ2) is 5.34. The van der Waals surface area contributed by atoms with Crippen LogP contribution in [0.2, 0.25) is 0 Å². The molecule has 0 aliphatic rings. The Bertz CT molecular complexity index is 924. The largest absolute Gasteiger partial charge is 0.411 e. The van der Waals surface area contributed by atoms with Crippen molar-refractivity contribution in [2.45, 2.75) is 17.9 Å². The van der Waals surface area contributed by atoms with Gasteiger partial charge < -0.3 is 13.9 Å². The van der Waals surface area contributed by atoms with Crippen molar-refractivity contribution in [2.75, 3.05) is 0 Å². The molecule has 110 valence electrons. The number of aryl methyl sites for hydroxylation is 1. The molecule has 4 aromatic rings. The number of hydrogen-bond donors (Lipinski definition) is 1. The minimum atomic E-state index is 0.510. The van der Waals surface area contributed by atoms with Gasteiger partial charge in [-0.3, -0.25) is 0 Å². The van der Waals surface area contributed by atoms with Gasteiger partial charge in [-0.1, -0.05) is 35.1 Å². The monoisotopic (exact) mass is 312 g/mol. The standard InChI is InChI=1S/C15H12N4O2S/c1-9-6-10(19-21-9)8-22-15-18-17-14(20-15)12-7-16-13-5-3-2-4-11(12)13/h2-7,16H,8H2,1H3. The molecule has 3 heterocycles. The second-order valence-corrected chi connectivity index (χ2v) is 5.77. The van der Waals surface area contributed by atoms with E-state index in [4.69, 9.17) is 8.94 Å². The van der Waals surface area contributed by atoms with Crippen LogP contribution in [0.15, 0.2) is 50.7 Å². The summed E-state index contributed by atoms with van der Waals surface area (Å²) in [6.07, 6.45) is 1.88. The maximum Gasteiger partial charge on any atom is 0.277 e. The Morgan fingerprint density at radius 2 is 2.14 bits per heavy atom. The van der Waals surface area contributed by atoms with Crippen LogP contribution in [0.3, 0.4) is 0 Å². The van der Waals surface area contributed by atoms with Crippen molar-refractivity contribution in [3.63, 3.8) is 0 Å². The van der Waals surface area contributed by atoms with Crippen LogP contribution in [0.4, 0.5) is 0 Å². The number of rotatable bonds is 4. The molecule has 0 spiro atoms. The number of fused-ring (bicyclic) bond motifs is 1. The SMILES string of the molecule is Cc1cc(CSc2nnc(-c3c[nH]c4ccccc34)o2)no1. The Morgan fingerprint density at radius 3 is 3.00 bits per heavy atom. The van der Waals surface area contributed by atoms with Gasteiger partial charge in [-0.05, 0) is 13.0 Å². The van der Waals surface area contributed by atoms with Gasteiger partial charge in [0, 0.05) is 28.9 Å². The predicted octanol–water partition coefficient (Wildman–Crippen LogP) is 3.81. The molecule has 0 saturated heterocycles. The molecule has 6 nitrogen and oxygen atoms in total. The number of nitrogens with zero attached hydrogens (tertiary/aromatic N) is 3. The average Bonchev–Trinajstić information content (AvgIpc) is 3.23. The van der Waals surface area contributed by atoms with Crippen LogP contribution in [-0.4, -0.2) is 20.3 Å². The number of hydrogen-bond acceptors (Lipinski definition) is 6. The van der Waals surface area contributed by atoms with Crippen LogP contribution in [0, 0.1) is 6.92 Å². The van der Waals surface area contributed by atoms with Gasteiger partial charge in [0.15, 0.2) is 0 Å². The molecule has 1 aromatic carbocycles. The number of para-hydroxylation sites is 1. The van der Waals surface area contributed by atoms with E-state index >= 15 is 0 Å². The Kier molecular flexibility index (Phi) is 3.19. The highest BCUT2D eigenvalue weighted by atomic mass is 32.2. The van der Waals surface area contributed by atoms with Gasteiger partial charge in [-0.15, -0.1) is 10.2 Å². The van der Waals surface area contributed by atoms with Crippen LogP contribution >= 0.6 is 11.8 Å². The van der Waals surface area contributed by atoms with Gasteiger partial charge in [-0.2, -0.15) is 0 Å². The van der Waals surface area contributed by atoms with Crippen molar-refractivity contribution in [1.29, 1.82) is 0 Å². The summed E-state index contributed by atoms with van der Waals surface area (Å²) in [6, 6.07) is 9.90. The number of aromatic amines is 1. The summed E-state index contributed by atoms with van der Waals surface area (Å²) in [5, 5.41) is 13.7. The summed E-state index contributed by atoms with van der Waals surface area (Å²) in [5.74, 6) is 1.93. The first-order chi connectivity index (χ1) is 10.8. The lowest BCUT2D eigenvalue weighted by molar-refractivity contribution is 0.392. The van der Waals surface area contributed by atoms with E-state index in [2.05, 4.69) is 20.3 Å². The molecule has 0 aliphatic carbocycles. The predicted molar refractivity (Wildman–Crippen MR) is 82.4 cm³/mol. The molecule has 0 bridgehead atoms. The molecule has 7 heteroatoms. The van der Waals surface area contributed by atoms with E-state index in [-0.39, 0.29) is 0 Å². The molecule has 22 heavy (non-hydrogen) atoms. The highest BCUT2D eigenvalue weighted by Crippen LogP contribution is 2.30. The number of nitrogens with one attached hydrogen (secondary N) is 1. The van der Waals surface area contributed by atoms with Crippen LogP contribution in [0.1, 0.15) is 11.5 Å². The Labute approximate surface area is 129 Å². The zero-order valence-corrected chi connectivity index (χ0v) is 12.6. The van der Waals surface area contributed by atoms with Gasteiger partial charge in [0.1, 0.15) is 5.76 Å². The smallest absolute Gasteiger partial charge is 0.277 e. The molecule has 0 aliphatic heterocycles. The maximum atomic E-state index is 5.73. The summed E-state index contributed by atoms with van der Waals surface area (Å²) in [4.78, 5) is 3.20. The minimum absolute atomic E-state index is 0.510. The first kappa shape index (κ1) is 13.1. The summed E-state index contributed by atoms with van der Waals surface area (Å²) in [7, 11) is 0. The van der Waals surface area contributed by atoms with Crippen molar-refractivity contribution in [3.8, 4) is 11.5 Å². The third-order valence-electron chi connectivity index (χ3n) is 3.25. The number of aromatic nitrogens is 4. The highest BCUT2D eigenvalue weighted by molar-refractivity contribution is 7.98. The first-order valence-electron chi connectivity index (χ1n) is 6.74. The van der Waals surface area contributed by atoms with Crippen molar-refractivity contribution < 1.29 is 8.94 Å². The van der Waals surface area contributed by atoms with E-state index in [9.17, 15) is 0 Å². The molecule has 0 unspecified atom stereocenters. The van der Waals surface area contributed by atoms with Crippen molar-refractivity contribution in [3.05, 3.63) is 48.0 Å². The summed E-state index contributed by atoms with van der Waals surface area (Å²) in [6.45, 7) is 1.86. The van der Waals surface area contributed by atoms with E-state index in [1.165, 1.54) is 11.8 Å². The van der Waals surface area contributed by atoms with Crippen molar-refractivity contribution in [2.24, 2.45) is 0 Å². The molecule has 1 N–H and O–H groups in total. The fourth-order valence-corrected chi connectivity index (χ4v) is 2.89. The van der Waals surface area contributed by atoms with Gasteiger partial charge in [-0.25, -0.2) is 0 Å². The van der Waals surface area contributed by atoms with Crippen molar-refractivity contribution >= 4 is 22.7 Å². The molecule has 4 rings (SSSR count). The van der Waals surface area contributed by atoms with Crippen LogP contribution in [-0.2, 0) is 5.75 Å². The minimum Gasteiger partial charge on any atom is -0.411 e.